The monoisotopic (exact) mass is 375 g/mol. The number of hydrogen-bond acceptors (Lipinski definition) is 4. The van der Waals surface area contributed by atoms with Crippen molar-refractivity contribution in [1.82, 2.24) is 9.29 Å². The zero-order valence-corrected chi connectivity index (χ0v) is 16.2. The van der Waals surface area contributed by atoms with Gasteiger partial charge < -0.3 is 5.32 Å². The molecule has 1 N–H and O–H groups in total. The van der Waals surface area contributed by atoms with E-state index in [1.807, 2.05) is 38.1 Å². The molecule has 1 aromatic carbocycles. The van der Waals surface area contributed by atoms with Gasteiger partial charge in [0.2, 0.25) is 15.9 Å². The second-order valence-electron chi connectivity index (χ2n) is 6.22. The van der Waals surface area contributed by atoms with Crippen molar-refractivity contribution in [1.29, 1.82) is 0 Å². The van der Waals surface area contributed by atoms with Gasteiger partial charge in [-0.3, -0.25) is 9.78 Å². The summed E-state index contributed by atoms with van der Waals surface area (Å²) in [4.78, 5) is 16.4. The Morgan fingerprint density at radius 2 is 2.00 bits per heavy atom. The minimum absolute atomic E-state index is 0.0881. The second-order valence-corrected chi connectivity index (χ2v) is 8.20. The van der Waals surface area contributed by atoms with Crippen LogP contribution in [0, 0.1) is 6.92 Å². The molecule has 2 rings (SSSR count). The van der Waals surface area contributed by atoms with Crippen LogP contribution < -0.4 is 5.32 Å². The average molecular weight is 375 g/mol. The summed E-state index contributed by atoms with van der Waals surface area (Å²) in [5.74, 6) is -0.200. The van der Waals surface area contributed by atoms with E-state index in [0.29, 0.717) is 0 Å². The molecule has 0 radical (unpaired) electrons. The van der Waals surface area contributed by atoms with Crippen LogP contribution in [0.25, 0.3) is 0 Å². The number of nitrogens with zero attached hydrogens (tertiary/aromatic N) is 2. The van der Waals surface area contributed by atoms with Crippen LogP contribution in [0.2, 0.25) is 0 Å². The maximum absolute atomic E-state index is 12.4. The van der Waals surface area contributed by atoms with E-state index in [-0.39, 0.29) is 25.4 Å². The largest absolute Gasteiger partial charge is 0.326 e. The van der Waals surface area contributed by atoms with Crippen LogP contribution in [0.5, 0.6) is 0 Å². The summed E-state index contributed by atoms with van der Waals surface area (Å²) >= 11 is 0. The highest BCUT2D eigenvalue weighted by molar-refractivity contribution is 7.88. The molecule has 6 nitrogen and oxygen atoms in total. The Hall–Kier alpha value is -2.25. The first kappa shape index (κ1) is 20.1. The molecule has 0 atom stereocenters. The normalized spacial score (nSPS) is 11.5. The Labute approximate surface area is 155 Å². The molecule has 1 amide bonds. The molecule has 0 fully saturated rings. The van der Waals surface area contributed by atoms with Gasteiger partial charge in [-0.05, 0) is 36.1 Å². The summed E-state index contributed by atoms with van der Waals surface area (Å²) in [6.45, 7) is 4.29. The number of carbonyl (C=O) groups excluding carboxylic acids is 1. The fourth-order valence-electron chi connectivity index (χ4n) is 2.69. The first-order valence-corrected chi connectivity index (χ1v) is 10.4. The van der Waals surface area contributed by atoms with Crippen molar-refractivity contribution in [2.45, 2.75) is 33.2 Å². The van der Waals surface area contributed by atoms with E-state index < -0.39 is 10.0 Å². The number of benzene rings is 1. The molecule has 1 aromatic heterocycles. The maximum Gasteiger partial charge on any atom is 0.225 e. The molecule has 1 heterocycles. The molecular weight excluding hydrogens is 350 g/mol. The van der Waals surface area contributed by atoms with Crippen molar-refractivity contribution in [3.63, 3.8) is 0 Å². The Kier molecular flexibility index (Phi) is 6.88. The number of nitrogens with one attached hydrogen (secondary N) is 1. The zero-order chi connectivity index (χ0) is 19.2. The van der Waals surface area contributed by atoms with Crippen molar-refractivity contribution in [2.24, 2.45) is 0 Å². The third-order valence-electron chi connectivity index (χ3n) is 4.14. The van der Waals surface area contributed by atoms with Gasteiger partial charge in [0, 0.05) is 37.6 Å². The fraction of sp³-hybridized carbons (Fsp3) is 0.368. The van der Waals surface area contributed by atoms with Crippen molar-refractivity contribution >= 4 is 21.6 Å². The standard InChI is InChI=1S/C19H25N3O3S/c1-4-17-9-5-7-15(2)19(17)21-18(23)10-12-22(26(3,24)25)14-16-8-6-11-20-13-16/h5-9,11,13H,4,10,12,14H2,1-3H3,(H,21,23). The predicted octanol–water partition coefficient (Wildman–Crippen LogP) is 2.74. The van der Waals surface area contributed by atoms with Crippen LogP contribution in [0.15, 0.2) is 42.7 Å². The quantitative estimate of drug-likeness (QED) is 0.769. The van der Waals surface area contributed by atoms with Crippen LogP contribution in [-0.4, -0.2) is 36.4 Å². The molecule has 0 aliphatic heterocycles. The van der Waals surface area contributed by atoms with Crippen LogP contribution in [0.3, 0.4) is 0 Å². The van der Waals surface area contributed by atoms with E-state index in [4.69, 9.17) is 0 Å². The summed E-state index contributed by atoms with van der Waals surface area (Å²) in [6.07, 6.45) is 5.31. The summed E-state index contributed by atoms with van der Waals surface area (Å²) in [5.41, 5.74) is 3.66. The smallest absolute Gasteiger partial charge is 0.225 e. The zero-order valence-electron chi connectivity index (χ0n) is 15.4. The Balaban J connectivity index is 2.04. The third kappa shape index (κ3) is 5.64. The number of aromatic nitrogens is 1. The van der Waals surface area contributed by atoms with Gasteiger partial charge in [0.15, 0.2) is 0 Å². The van der Waals surface area contributed by atoms with Crippen molar-refractivity contribution in [3.05, 3.63) is 59.4 Å². The van der Waals surface area contributed by atoms with Gasteiger partial charge in [-0.25, -0.2) is 8.42 Å². The van der Waals surface area contributed by atoms with E-state index in [2.05, 4.69) is 10.3 Å². The van der Waals surface area contributed by atoms with Crippen molar-refractivity contribution in [2.75, 3.05) is 18.1 Å². The Morgan fingerprint density at radius 1 is 1.23 bits per heavy atom. The fourth-order valence-corrected chi connectivity index (χ4v) is 3.49. The number of sulfonamides is 1. The number of anilines is 1. The first-order valence-electron chi connectivity index (χ1n) is 8.53. The van der Waals surface area contributed by atoms with Crippen molar-refractivity contribution in [3.8, 4) is 0 Å². The van der Waals surface area contributed by atoms with Crippen LogP contribution >= 0.6 is 0 Å². The minimum atomic E-state index is -3.43. The van der Waals surface area contributed by atoms with E-state index in [1.165, 1.54) is 4.31 Å². The van der Waals surface area contributed by atoms with Gasteiger partial charge in [0.05, 0.1) is 6.26 Å². The number of aryl methyl sites for hydroxylation is 2. The van der Waals surface area contributed by atoms with E-state index >= 15 is 0 Å². The summed E-state index contributed by atoms with van der Waals surface area (Å²) in [5, 5.41) is 2.93. The molecule has 7 heteroatoms. The molecule has 0 bridgehead atoms. The lowest BCUT2D eigenvalue weighted by atomic mass is 10.1. The number of carbonyl (C=O) groups is 1. The minimum Gasteiger partial charge on any atom is -0.326 e. The topological polar surface area (TPSA) is 79.4 Å². The van der Waals surface area contributed by atoms with Crippen molar-refractivity contribution < 1.29 is 13.2 Å². The number of rotatable bonds is 8. The lowest BCUT2D eigenvalue weighted by Crippen LogP contribution is -2.32. The van der Waals surface area contributed by atoms with Crippen LogP contribution in [0.1, 0.15) is 30.0 Å². The first-order chi connectivity index (χ1) is 12.3. The molecule has 140 valence electrons. The molecule has 2 aromatic rings. The van der Waals surface area contributed by atoms with Crippen LogP contribution in [0.4, 0.5) is 5.69 Å². The number of pyridine rings is 1. The number of amides is 1. The molecular formula is C19H25N3O3S. The van der Waals surface area contributed by atoms with Gasteiger partial charge in [0.1, 0.15) is 0 Å². The lowest BCUT2D eigenvalue weighted by molar-refractivity contribution is -0.116. The highest BCUT2D eigenvalue weighted by Crippen LogP contribution is 2.21. The van der Waals surface area contributed by atoms with E-state index in [9.17, 15) is 13.2 Å². The molecule has 0 saturated carbocycles. The van der Waals surface area contributed by atoms with Gasteiger partial charge >= 0.3 is 0 Å². The Morgan fingerprint density at radius 3 is 2.62 bits per heavy atom. The summed E-state index contributed by atoms with van der Waals surface area (Å²) < 4.78 is 25.4. The summed E-state index contributed by atoms with van der Waals surface area (Å²) in [7, 11) is -3.43. The second kappa shape index (κ2) is 8.91. The van der Waals surface area contributed by atoms with E-state index in [0.717, 1.165) is 35.1 Å². The average Bonchev–Trinajstić information content (AvgIpc) is 2.60. The predicted molar refractivity (Wildman–Crippen MR) is 103 cm³/mol. The highest BCUT2D eigenvalue weighted by atomic mass is 32.2. The molecule has 0 spiro atoms. The molecule has 0 aliphatic carbocycles. The van der Waals surface area contributed by atoms with Crippen LogP contribution in [-0.2, 0) is 27.8 Å². The SMILES string of the molecule is CCc1cccc(C)c1NC(=O)CCN(Cc1cccnc1)S(C)(=O)=O. The number of para-hydroxylation sites is 1. The van der Waals surface area contributed by atoms with E-state index in [1.54, 1.807) is 18.5 Å². The molecule has 0 unspecified atom stereocenters. The lowest BCUT2D eigenvalue weighted by Gasteiger charge is -2.20. The van der Waals surface area contributed by atoms with Gasteiger partial charge in [-0.15, -0.1) is 0 Å². The Bertz CT molecular complexity index is 852. The third-order valence-corrected chi connectivity index (χ3v) is 5.39. The highest BCUT2D eigenvalue weighted by Gasteiger charge is 2.19. The summed E-state index contributed by atoms with van der Waals surface area (Å²) in [6, 6.07) is 9.45. The number of hydrogen-bond donors (Lipinski definition) is 1. The maximum atomic E-state index is 12.4. The van der Waals surface area contributed by atoms with Gasteiger partial charge in [-0.2, -0.15) is 4.31 Å². The molecule has 0 aliphatic rings. The molecule has 26 heavy (non-hydrogen) atoms. The van der Waals surface area contributed by atoms with Gasteiger partial charge in [0.25, 0.3) is 0 Å². The van der Waals surface area contributed by atoms with Gasteiger partial charge in [-0.1, -0.05) is 31.2 Å². The molecule has 0 saturated heterocycles.